The molecule has 6 rings (SSSR count). The zero-order valence-corrected chi connectivity index (χ0v) is 14.2. The molecule has 0 radical (unpaired) electrons. The van der Waals surface area contributed by atoms with Gasteiger partial charge >= 0.3 is 0 Å². The molecule has 3 heteroatoms. The summed E-state index contributed by atoms with van der Waals surface area (Å²) in [4.78, 5) is 7.35. The lowest BCUT2D eigenvalue weighted by atomic mass is 9.95. The highest BCUT2D eigenvalue weighted by Gasteiger charge is 2.21. The van der Waals surface area contributed by atoms with Gasteiger partial charge in [-0.3, -0.25) is 4.98 Å². The Kier molecular flexibility index (Phi) is 2.49. The van der Waals surface area contributed by atoms with Crippen LogP contribution in [0.25, 0.3) is 42.2 Å². The Balaban J connectivity index is 1.91. The Hall–Kier alpha value is -2.36. The van der Waals surface area contributed by atoms with Gasteiger partial charge < -0.3 is 0 Å². The van der Waals surface area contributed by atoms with E-state index in [1.165, 1.54) is 46.5 Å². The van der Waals surface area contributed by atoms with Crippen LogP contribution in [0.2, 0.25) is 0 Å². The van der Waals surface area contributed by atoms with Crippen molar-refractivity contribution < 1.29 is 0 Å². The average Bonchev–Trinajstić information content (AvgIpc) is 3.01. The lowest BCUT2D eigenvalue weighted by Gasteiger charge is -2.20. The van der Waals surface area contributed by atoms with Crippen molar-refractivity contribution in [2.24, 2.45) is 0 Å². The topological polar surface area (TPSA) is 12.9 Å². The first-order valence-electron chi connectivity index (χ1n) is 7.90. The number of hydrogen-bond donors (Lipinski definition) is 0. The molecule has 0 amide bonds. The number of rotatable bonds is 0. The summed E-state index contributed by atoms with van der Waals surface area (Å²) >= 11 is 3.73. The van der Waals surface area contributed by atoms with Gasteiger partial charge in [-0.15, -0.1) is 11.3 Å². The van der Waals surface area contributed by atoms with Gasteiger partial charge in [0.05, 0.1) is 10.2 Å². The molecule has 1 aliphatic heterocycles. The summed E-state index contributed by atoms with van der Waals surface area (Å²) in [5, 5.41) is 4.02. The molecule has 24 heavy (non-hydrogen) atoms. The van der Waals surface area contributed by atoms with E-state index in [-0.39, 0.29) is 0 Å². The third-order valence-corrected chi connectivity index (χ3v) is 7.04. The van der Waals surface area contributed by atoms with E-state index in [9.17, 15) is 0 Å². The summed E-state index contributed by atoms with van der Waals surface area (Å²) in [6.45, 7) is 0. The van der Waals surface area contributed by atoms with E-state index in [4.69, 9.17) is 0 Å². The van der Waals surface area contributed by atoms with E-state index in [0.29, 0.717) is 0 Å². The third kappa shape index (κ3) is 1.58. The van der Waals surface area contributed by atoms with Crippen LogP contribution in [-0.2, 0) is 0 Å². The summed E-state index contributed by atoms with van der Waals surface area (Å²) in [6.07, 6.45) is 1.89. The normalized spacial score (nSPS) is 12.8. The van der Waals surface area contributed by atoms with Crippen LogP contribution in [0.4, 0.5) is 0 Å². The predicted octanol–water partition coefficient (Wildman–Crippen LogP) is 6.73. The van der Waals surface area contributed by atoms with Gasteiger partial charge in [-0.25, -0.2) is 0 Å². The van der Waals surface area contributed by atoms with Gasteiger partial charge in [-0.2, -0.15) is 0 Å². The molecule has 0 fully saturated rings. The Labute approximate surface area is 147 Å². The lowest BCUT2D eigenvalue weighted by molar-refractivity contribution is 1.40. The molecule has 0 atom stereocenters. The average molecular weight is 341 g/mol. The monoisotopic (exact) mass is 341 g/mol. The fourth-order valence-corrected chi connectivity index (χ4v) is 6.00. The van der Waals surface area contributed by atoms with Crippen LogP contribution < -0.4 is 0 Å². The van der Waals surface area contributed by atoms with Crippen LogP contribution in [-0.4, -0.2) is 4.98 Å². The molecule has 0 spiro atoms. The van der Waals surface area contributed by atoms with Gasteiger partial charge in [0.25, 0.3) is 0 Å². The second-order valence-corrected chi connectivity index (χ2v) is 8.17. The summed E-state index contributed by atoms with van der Waals surface area (Å²) in [6, 6.07) is 21.9. The number of fused-ring (bicyclic) bond motifs is 6. The Bertz CT molecular complexity index is 1280. The van der Waals surface area contributed by atoms with Gasteiger partial charge in [-0.05, 0) is 41.5 Å². The van der Waals surface area contributed by atoms with E-state index < -0.39 is 0 Å². The van der Waals surface area contributed by atoms with Crippen LogP contribution in [0.1, 0.15) is 0 Å². The maximum Gasteiger partial charge on any atom is 0.0888 e. The van der Waals surface area contributed by atoms with Gasteiger partial charge in [0.1, 0.15) is 0 Å². The van der Waals surface area contributed by atoms with Crippen molar-refractivity contribution in [2.75, 3.05) is 0 Å². The third-order valence-electron chi connectivity index (χ3n) is 4.71. The molecular formula is C21H11NS2. The van der Waals surface area contributed by atoms with Crippen molar-refractivity contribution >= 4 is 54.2 Å². The maximum atomic E-state index is 4.65. The SMILES string of the molecule is c1ccc2c(c1)Sc1cccc3c1c-2cc1c2ncccc2sc31. The Morgan fingerprint density at radius 3 is 2.67 bits per heavy atom. The van der Waals surface area contributed by atoms with Crippen molar-refractivity contribution in [2.45, 2.75) is 9.79 Å². The van der Waals surface area contributed by atoms with Gasteiger partial charge in [0, 0.05) is 36.8 Å². The zero-order chi connectivity index (χ0) is 15.7. The molecule has 1 nitrogen and oxygen atoms in total. The fraction of sp³-hybridized carbons (Fsp3) is 0. The zero-order valence-electron chi connectivity index (χ0n) is 12.6. The second-order valence-electron chi connectivity index (χ2n) is 6.03. The number of hydrogen-bond acceptors (Lipinski definition) is 3. The Morgan fingerprint density at radius 1 is 0.750 bits per heavy atom. The number of thiophene rings is 1. The van der Waals surface area contributed by atoms with Crippen molar-refractivity contribution in [1.29, 1.82) is 0 Å². The van der Waals surface area contributed by atoms with Crippen LogP contribution in [0.5, 0.6) is 0 Å². The number of benzene rings is 3. The second kappa shape index (κ2) is 4.59. The molecule has 2 aromatic heterocycles. The van der Waals surface area contributed by atoms with Gasteiger partial charge in [0.2, 0.25) is 0 Å². The molecule has 0 unspecified atom stereocenters. The highest BCUT2D eigenvalue weighted by Crippen LogP contribution is 2.51. The molecule has 0 saturated heterocycles. The number of pyridine rings is 1. The van der Waals surface area contributed by atoms with E-state index >= 15 is 0 Å². The summed E-state index contributed by atoms with van der Waals surface area (Å²) < 4.78 is 2.61. The first-order valence-corrected chi connectivity index (χ1v) is 9.54. The van der Waals surface area contributed by atoms with E-state index in [1.807, 2.05) is 35.4 Å². The van der Waals surface area contributed by atoms with Crippen molar-refractivity contribution in [3.05, 3.63) is 66.9 Å². The molecule has 0 N–H and O–H groups in total. The number of nitrogens with zero attached hydrogens (tertiary/aromatic N) is 1. The van der Waals surface area contributed by atoms with Crippen molar-refractivity contribution in [1.82, 2.24) is 4.98 Å². The summed E-state index contributed by atoms with van der Waals surface area (Å²) in [7, 11) is 0. The highest BCUT2D eigenvalue weighted by molar-refractivity contribution is 7.99. The highest BCUT2D eigenvalue weighted by atomic mass is 32.2. The van der Waals surface area contributed by atoms with E-state index in [2.05, 4.69) is 59.6 Å². The standard InChI is InChI=1S/C21H11NS2/c1-2-7-16-12(5-1)14-11-15-20-18(9-4-10-22-20)24-21(15)13-6-3-8-17(23-16)19(13)14/h1-11H. The Morgan fingerprint density at radius 2 is 1.67 bits per heavy atom. The fourth-order valence-electron chi connectivity index (χ4n) is 3.69. The molecule has 5 aromatic rings. The smallest absolute Gasteiger partial charge is 0.0888 e. The molecule has 1 aliphatic rings. The first-order chi connectivity index (χ1) is 11.9. The van der Waals surface area contributed by atoms with E-state index in [1.54, 1.807) is 0 Å². The van der Waals surface area contributed by atoms with Crippen LogP contribution in [0.3, 0.4) is 0 Å². The molecule has 3 heterocycles. The minimum absolute atomic E-state index is 1.12. The minimum atomic E-state index is 1.12. The number of aromatic nitrogens is 1. The van der Waals surface area contributed by atoms with Gasteiger partial charge in [-0.1, -0.05) is 42.1 Å². The molecular weight excluding hydrogens is 330 g/mol. The van der Waals surface area contributed by atoms with Crippen molar-refractivity contribution in [3.8, 4) is 11.1 Å². The van der Waals surface area contributed by atoms with Gasteiger partial charge in [0.15, 0.2) is 0 Å². The van der Waals surface area contributed by atoms with Crippen LogP contribution in [0, 0.1) is 0 Å². The molecule has 3 aromatic carbocycles. The van der Waals surface area contributed by atoms with Crippen molar-refractivity contribution in [3.63, 3.8) is 0 Å². The summed E-state index contributed by atoms with van der Waals surface area (Å²) in [5.41, 5.74) is 3.80. The predicted molar refractivity (Wildman–Crippen MR) is 104 cm³/mol. The quantitative estimate of drug-likeness (QED) is 0.304. The molecule has 0 bridgehead atoms. The summed E-state index contributed by atoms with van der Waals surface area (Å²) in [5.74, 6) is 0. The van der Waals surface area contributed by atoms with E-state index in [0.717, 1.165) is 5.52 Å². The molecule has 112 valence electrons. The minimum Gasteiger partial charge on any atom is -0.255 e. The maximum absolute atomic E-state index is 4.65. The first kappa shape index (κ1) is 13.0. The largest absolute Gasteiger partial charge is 0.255 e. The van der Waals surface area contributed by atoms with Crippen LogP contribution >= 0.6 is 23.1 Å². The molecule has 0 aliphatic carbocycles. The lowest BCUT2D eigenvalue weighted by Crippen LogP contribution is -1.92. The molecule has 0 saturated carbocycles. The van der Waals surface area contributed by atoms with Crippen LogP contribution in [0.15, 0.2) is 76.7 Å².